The highest BCUT2D eigenvalue weighted by atomic mass is 16.6. The summed E-state index contributed by atoms with van der Waals surface area (Å²) >= 11 is 0. The molecule has 0 aliphatic heterocycles. The van der Waals surface area contributed by atoms with Crippen molar-refractivity contribution in [2.45, 2.75) is 26.2 Å². The zero-order valence-electron chi connectivity index (χ0n) is 14.3. The second-order valence-corrected chi connectivity index (χ2v) is 5.60. The lowest BCUT2D eigenvalue weighted by atomic mass is 10.0. The van der Waals surface area contributed by atoms with Gasteiger partial charge in [-0.25, -0.2) is 4.79 Å². The van der Waals surface area contributed by atoms with Crippen molar-refractivity contribution in [3.63, 3.8) is 0 Å². The molecule has 26 heavy (non-hydrogen) atoms. The van der Waals surface area contributed by atoms with Crippen LogP contribution in [0.4, 0.5) is 5.88 Å². The number of benzene rings is 1. The van der Waals surface area contributed by atoms with E-state index in [2.05, 4.69) is 6.92 Å². The largest absolute Gasteiger partial charge is 0.454 e. The summed E-state index contributed by atoms with van der Waals surface area (Å²) < 4.78 is 9.75. The van der Waals surface area contributed by atoms with Gasteiger partial charge in [-0.15, -0.1) is 0 Å². The third kappa shape index (κ3) is 5.70. The SMILES string of the molecule is CCCCc1ccc(C(=O)COC(=O)/C=C/c2ccc([N+](=O)[O-])o2)cc1. The lowest BCUT2D eigenvalue weighted by Gasteiger charge is -2.04. The monoisotopic (exact) mass is 357 g/mol. The van der Waals surface area contributed by atoms with Crippen LogP contribution in [0.15, 0.2) is 46.9 Å². The molecule has 0 amide bonds. The van der Waals surface area contributed by atoms with Crippen LogP contribution in [0.3, 0.4) is 0 Å². The molecule has 0 N–H and O–H groups in total. The molecule has 7 nitrogen and oxygen atoms in total. The Bertz CT molecular complexity index is 804. The second-order valence-electron chi connectivity index (χ2n) is 5.60. The first-order chi connectivity index (χ1) is 12.5. The zero-order valence-corrected chi connectivity index (χ0v) is 14.3. The van der Waals surface area contributed by atoms with Crippen LogP contribution in [-0.2, 0) is 16.0 Å². The number of ketones is 1. The highest BCUT2D eigenvalue weighted by Gasteiger charge is 2.11. The number of furan rings is 1. The number of ether oxygens (including phenoxy) is 1. The molecular weight excluding hydrogens is 338 g/mol. The van der Waals surface area contributed by atoms with Gasteiger partial charge in [0.15, 0.2) is 12.4 Å². The van der Waals surface area contributed by atoms with Gasteiger partial charge in [0.2, 0.25) is 0 Å². The molecule has 1 heterocycles. The number of Topliss-reactive ketones (excluding diaryl/α,β-unsaturated/α-hetero) is 1. The topological polar surface area (TPSA) is 99.7 Å². The minimum atomic E-state index is -0.739. The number of rotatable bonds is 9. The quantitative estimate of drug-likeness (QED) is 0.221. The van der Waals surface area contributed by atoms with Crippen molar-refractivity contribution >= 4 is 23.7 Å². The summed E-state index contributed by atoms with van der Waals surface area (Å²) in [5, 5.41) is 10.5. The van der Waals surface area contributed by atoms with Crippen LogP contribution >= 0.6 is 0 Å². The maximum Gasteiger partial charge on any atom is 0.433 e. The minimum Gasteiger partial charge on any atom is -0.454 e. The van der Waals surface area contributed by atoms with E-state index in [-0.39, 0.29) is 18.2 Å². The lowest BCUT2D eigenvalue weighted by molar-refractivity contribution is -0.402. The average Bonchev–Trinajstić information content (AvgIpc) is 3.12. The van der Waals surface area contributed by atoms with Gasteiger partial charge >= 0.3 is 11.9 Å². The lowest BCUT2D eigenvalue weighted by Crippen LogP contribution is -2.12. The van der Waals surface area contributed by atoms with E-state index in [0.29, 0.717) is 5.56 Å². The molecule has 0 aliphatic carbocycles. The molecular formula is C19H19NO6. The molecule has 0 aliphatic rings. The molecule has 0 radical (unpaired) electrons. The van der Waals surface area contributed by atoms with Crippen LogP contribution in [0.2, 0.25) is 0 Å². The maximum atomic E-state index is 12.0. The number of nitro groups is 1. The molecule has 1 aromatic heterocycles. The Morgan fingerprint density at radius 2 is 1.92 bits per heavy atom. The number of hydrogen-bond acceptors (Lipinski definition) is 6. The van der Waals surface area contributed by atoms with Crippen molar-refractivity contribution in [2.24, 2.45) is 0 Å². The Morgan fingerprint density at radius 3 is 2.54 bits per heavy atom. The summed E-state index contributed by atoms with van der Waals surface area (Å²) in [5.41, 5.74) is 1.64. The fraction of sp³-hybridized carbons (Fsp3) is 0.263. The molecule has 0 bridgehead atoms. The van der Waals surface area contributed by atoms with Crippen molar-refractivity contribution < 1.29 is 23.7 Å². The first-order valence-corrected chi connectivity index (χ1v) is 8.20. The van der Waals surface area contributed by atoms with E-state index in [9.17, 15) is 19.7 Å². The van der Waals surface area contributed by atoms with Gasteiger partial charge in [-0.1, -0.05) is 37.6 Å². The standard InChI is InChI=1S/C19H19NO6/c1-2-3-4-14-5-7-15(8-6-14)17(21)13-25-19(22)12-10-16-9-11-18(26-16)20(23)24/h5-12H,2-4,13H2,1H3/b12-10+. The van der Waals surface area contributed by atoms with E-state index in [1.165, 1.54) is 18.2 Å². The van der Waals surface area contributed by atoms with Crippen molar-refractivity contribution in [2.75, 3.05) is 6.61 Å². The van der Waals surface area contributed by atoms with Crippen molar-refractivity contribution in [3.05, 3.63) is 69.5 Å². The van der Waals surface area contributed by atoms with Crippen LogP contribution in [-0.4, -0.2) is 23.3 Å². The van der Waals surface area contributed by atoms with Gasteiger partial charge in [0.25, 0.3) is 0 Å². The number of esters is 1. The molecule has 1 aromatic carbocycles. The van der Waals surface area contributed by atoms with Gasteiger partial charge in [-0.2, -0.15) is 0 Å². The molecule has 7 heteroatoms. The average molecular weight is 357 g/mol. The maximum absolute atomic E-state index is 12.0. The van der Waals surface area contributed by atoms with Crippen LogP contribution < -0.4 is 0 Å². The Kier molecular flexibility index (Phi) is 6.84. The van der Waals surface area contributed by atoms with Gasteiger partial charge in [0.1, 0.15) is 10.7 Å². The van der Waals surface area contributed by atoms with E-state index in [1.807, 2.05) is 12.1 Å². The molecule has 2 aromatic rings. The fourth-order valence-corrected chi connectivity index (χ4v) is 2.19. The Morgan fingerprint density at radius 1 is 1.19 bits per heavy atom. The van der Waals surface area contributed by atoms with Crippen LogP contribution in [0, 0.1) is 10.1 Å². The van der Waals surface area contributed by atoms with E-state index in [4.69, 9.17) is 9.15 Å². The third-order valence-electron chi connectivity index (χ3n) is 3.62. The van der Waals surface area contributed by atoms with E-state index >= 15 is 0 Å². The van der Waals surface area contributed by atoms with Crippen molar-refractivity contribution in [1.82, 2.24) is 0 Å². The van der Waals surface area contributed by atoms with Gasteiger partial charge in [-0.3, -0.25) is 14.9 Å². The predicted molar refractivity (Wildman–Crippen MR) is 94.7 cm³/mol. The van der Waals surface area contributed by atoms with Crippen LogP contribution in [0.25, 0.3) is 6.08 Å². The molecule has 0 unspecified atom stereocenters. The Balaban J connectivity index is 1.83. The normalized spacial score (nSPS) is 10.8. The number of nitrogens with zero attached hydrogens (tertiary/aromatic N) is 1. The zero-order chi connectivity index (χ0) is 18.9. The summed E-state index contributed by atoms with van der Waals surface area (Å²) in [5.74, 6) is -1.32. The number of hydrogen-bond donors (Lipinski definition) is 0. The summed E-state index contributed by atoms with van der Waals surface area (Å²) in [6, 6.07) is 9.77. The molecule has 0 atom stereocenters. The highest BCUT2D eigenvalue weighted by Crippen LogP contribution is 2.16. The molecule has 0 saturated heterocycles. The summed E-state index contributed by atoms with van der Waals surface area (Å²) in [7, 11) is 0. The van der Waals surface area contributed by atoms with E-state index in [1.54, 1.807) is 12.1 Å². The smallest absolute Gasteiger partial charge is 0.433 e. The number of unbranched alkanes of at least 4 members (excludes halogenated alkanes) is 1. The Hall–Kier alpha value is -3.22. The number of carbonyl (C=O) groups is 2. The van der Waals surface area contributed by atoms with E-state index < -0.39 is 16.8 Å². The van der Waals surface area contributed by atoms with Gasteiger partial charge in [0, 0.05) is 11.6 Å². The van der Waals surface area contributed by atoms with Gasteiger partial charge < -0.3 is 9.15 Å². The predicted octanol–water partition coefficient (Wildman–Crippen LogP) is 3.97. The molecule has 2 rings (SSSR count). The first-order valence-electron chi connectivity index (χ1n) is 8.20. The van der Waals surface area contributed by atoms with Gasteiger partial charge in [0.05, 0.1) is 6.07 Å². The Labute approximate surface area is 150 Å². The number of aryl methyl sites for hydroxylation is 1. The molecule has 0 saturated carbocycles. The number of carbonyl (C=O) groups excluding carboxylic acids is 2. The summed E-state index contributed by atoms with van der Waals surface area (Å²) in [4.78, 5) is 33.5. The molecule has 0 fully saturated rings. The molecule has 136 valence electrons. The molecule has 0 spiro atoms. The first kappa shape index (κ1) is 19.1. The van der Waals surface area contributed by atoms with Gasteiger partial charge in [-0.05, 0) is 30.5 Å². The highest BCUT2D eigenvalue weighted by molar-refractivity contribution is 5.98. The van der Waals surface area contributed by atoms with E-state index in [0.717, 1.165) is 30.9 Å². The van der Waals surface area contributed by atoms with Crippen molar-refractivity contribution in [3.8, 4) is 0 Å². The van der Waals surface area contributed by atoms with Crippen molar-refractivity contribution in [1.29, 1.82) is 0 Å². The van der Waals surface area contributed by atoms with Crippen LogP contribution in [0.5, 0.6) is 0 Å². The van der Waals surface area contributed by atoms with Crippen LogP contribution in [0.1, 0.15) is 41.4 Å². The minimum absolute atomic E-state index is 0.141. The second kappa shape index (κ2) is 9.31. The summed E-state index contributed by atoms with van der Waals surface area (Å²) in [6.07, 6.45) is 5.45. The summed E-state index contributed by atoms with van der Waals surface area (Å²) in [6.45, 7) is 1.74. The fourth-order valence-electron chi connectivity index (χ4n) is 2.19. The third-order valence-corrected chi connectivity index (χ3v) is 3.62.